The molecule has 1 aromatic rings. The summed E-state index contributed by atoms with van der Waals surface area (Å²) in [7, 11) is 0. The Bertz CT molecular complexity index is 306. The van der Waals surface area contributed by atoms with E-state index in [-0.39, 0.29) is 12.2 Å². The first kappa shape index (κ1) is 9.06. The lowest BCUT2D eigenvalue weighted by atomic mass is 9.96. The van der Waals surface area contributed by atoms with Crippen LogP contribution in [0.25, 0.3) is 0 Å². The van der Waals surface area contributed by atoms with Crippen molar-refractivity contribution in [3.63, 3.8) is 0 Å². The number of benzene rings is 1. The molecule has 0 spiro atoms. The van der Waals surface area contributed by atoms with Crippen LogP contribution in [0.3, 0.4) is 0 Å². The highest BCUT2D eigenvalue weighted by Crippen LogP contribution is 2.22. The Hall–Kier alpha value is -1.51. The summed E-state index contributed by atoms with van der Waals surface area (Å²) in [5.74, 6) is 0. The van der Waals surface area contributed by atoms with E-state index in [1.54, 1.807) is 0 Å². The van der Waals surface area contributed by atoms with Gasteiger partial charge in [-0.2, -0.15) is 0 Å². The van der Waals surface area contributed by atoms with Crippen molar-refractivity contribution < 1.29 is 9.53 Å². The van der Waals surface area contributed by atoms with E-state index in [1.807, 2.05) is 30.3 Å². The molecule has 0 aromatic heterocycles. The number of anilines is 1. The lowest BCUT2D eigenvalue weighted by Gasteiger charge is -2.25. The average molecular weight is 191 g/mol. The summed E-state index contributed by atoms with van der Waals surface area (Å²) in [5, 5.41) is 2.68. The molecule has 1 N–H and O–H groups in total. The number of para-hydroxylation sites is 1. The molecular weight excluding hydrogens is 178 g/mol. The van der Waals surface area contributed by atoms with Gasteiger partial charge in [0.25, 0.3) is 0 Å². The molecule has 0 bridgehead atoms. The first-order valence-corrected chi connectivity index (χ1v) is 4.87. The summed E-state index contributed by atoms with van der Waals surface area (Å²) in [6, 6.07) is 9.32. The van der Waals surface area contributed by atoms with Crippen molar-refractivity contribution >= 4 is 11.8 Å². The van der Waals surface area contributed by atoms with Crippen LogP contribution in [0.5, 0.6) is 0 Å². The van der Waals surface area contributed by atoms with Crippen molar-refractivity contribution in [3.05, 3.63) is 30.3 Å². The van der Waals surface area contributed by atoms with Crippen LogP contribution in [0.1, 0.15) is 19.3 Å². The number of ether oxygens (including phenoxy) is 1. The Kier molecular flexibility index (Phi) is 2.68. The van der Waals surface area contributed by atoms with Crippen LogP contribution >= 0.6 is 0 Å². The molecule has 1 aliphatic carbocycles. The number of nitrogens with one attached hydrogen (secondary N) is 1. The minimum atomic E-state index is -0.346. The zero-order valence-corrected chi connectivity index (χ0v) is 7.90. The Balaban J connectivity index is 1.82. The SMILES string of the molecule is O=C(Nc1ccccc1)OC1CCC1. The van der Waals surface area contributed by atoms with Gasteiger partial charge in [0, 0.05) is 5.69 Å². The van der Waals surface area contributed by atoms with Crippen LogP contribution < -0.4 is 5.32 Å². The quantitative estimate of drug-likeness (QED) is 0.780. The minimum Gasteiger partial charge on any atom is -0.446 e. The molecule has 0 unspecified atom stereocenters. The molecule has 3 nitrogen and oxygen atoms in total. The van der Waals surface area contributed by atoms with Gasteiger partial charge in [-0.25, -0.2) is 4.79 Å². The van der Waals surface area contributed by atoms with Gasteiger partial charge in [-0.3, -0.25) is 5.32 Å². The summed E-state index contributed by atoms with van der Waals surface area (Å²) in [6.07, 6.45) is 2.97. The second-order valence-corrected chi connectivity index (χ2v) is 3.45. The molecule has 0 radical (unpaired) electrons. The summed E-state index contributed by atoms with van der Waals surface area (Å²) in [5.41, 5.74) is 0.775. The number of carbonyl (C=O) groups is 1. The predicted molar refractivity (Wildman–Crippen MR) is 54.2 cm³/mol. The van der Waals surface area contributed by atoms with E-state index in [0.29, 0.717) is 0 Å². The van der Waals surface area contributed by atoms with Gasteiger partial charge in [0.05, 0.1) is 0 Å². The van der Waals surface area contributed by atoms with Gasteiger partial charge < -0.3 is 4.74 Å². The van der Waals surface area contributed by atoms with Crippen LogP contribution in [0, 0.1) is 0 Å². The Morgan fingerprint density at radius 3 is 2.57 bits per heavy atom. The number of hydrogen-bond donors (Lipinski definition) is 1. The van der Waals surface area contributed by atoms with E-state index in [2.05, 4.69) is 5.32 Å². The number of carbonyl (C=O) groups excluding carboxylic acids is 1. The third kappa shape index (κ3) is 2.25. The zero-order chi connectivity index (χ0) is 9.80. The van der Waals surface area contributed by atoms with E-state index in [4.69, 9.17) is 4.74 Å². The molecule has 0 atom stereocenters. The summed E-state index contributed by atoms with van der Waals surface area (Å²) in [6.45, 7) is 0. The molecular formula is C11H13NO2. The van der Waals surface area contributed by atoms with Crippen LogP contribution in [-0.4, -0.2) is 12.2 Å². The topological polar surface area (TPSA) is 38.3 Å². The van der Waals surface area contributed by atoms with E-state index in [1.165, 1.54) is 6.42 Å². The van der Waals surface area contributed by atoms with E-state index in [0.717, 1.165) is 18.5 Å². The maximum Gasteiger partial charge on any atom is 0.411 e. The first-order chi connectivity index (χ1) is 6.84. The van der Waals surface area contributed by atoms with Gasteiger partial charge >= 0.3 is 6.09 Å². The number of hydrogen-bond acceptors (Lipinski definition) is 2. The molecule has 0 heterocycles. The van der Waals surface area contributed by atoms with Crippen LogP contribution in [0.4, 0.5) is 10.5 Å². The highest BCUT2D eigenvalue weighted by Gasteiger charge is 2.21. The number of rotatable bonds is 2. The Morgan fingerprint density at radius 1 is 1.29 bits per heavy atom. The second-order valence-electron chi connectivity index (χ2n) is 3.45. The van der Waals surface area contributed by atoms with Crippen molar-refractivity contribution in [2.24, 2.45) is 0 Å². The van der Waals surface area contributed by atoms with E-state index in [9.17, 15) is 4.79 Å². The van der Waals surface area contributed by atoms with Gasteiger partial charge in [-0.05, 0) is 31.4 Å². The normalized spacial score (nSPS) is 15.7. The van der Waals surface area contributed by atoms with Gasteiger partial charge in [0.1, 0.15) is 6.10 Å². The fourth-order valence-electron chi connectivity index (χ4n) is 1.31. The zero-order valence-electron chi connectivity index (χ0n) is 7.90. The molecule has 14 heavy (non-hydrogen) atoms. The first-order valence-electron chi connectivity index (χ1n) is 4.87. The van der Waals surface area contributed by atoms with Crippen molar-refractivity contribution in [2.45, 2.75) is 25.4 Å². The van der Waals surface area contributed by atoms with E-state index >= 15 is 0 Å². The highest BCUT2D eigenvalue weighted by atomic mass is 16.6. The molecule has 1 amide bonds. The number of amides is 1. The van der Waals surface area contributed by atoms with Crippen LogP contribution in [0.15, 0.2) is 30.3 Å². The summed E-state index contributed by atoms with van der Waals surface area (Å²) >= 11 is 0. The monoisotopic (exact) mass is 191 g/mol. The molecule has 1 aromatic carbocycles. The molecule has 0 aliphatic heterocycles. The van der Waals surface area contributed by atoms with Crippen molar-refractivity contribution in [3.8, 4) is 0 Å². The molecule has 3 heteroatoms. The van der Waals surface area contributed by atoms with Gasteiger partial charge in [0.15, 0.2) is 0 Å². The van der Waals surface area contributed by atoms with Crippen molar-refractivity contribution in [1.29, 1.82) is 0 Å². The molecule has 0 saturated heterocycles. The van der Waals surface area contributed by atoms with Crippen molar-refractivity contribution in [2.75, 3.05) is 5.32 Å². The van der Waals surface area contributed by atoms with Gasteiger partial charge in [0.2, 0.25) is 0 Å². The maximum absolute atomic E-state index is 11.3. The third-order valence-electron chi connectivity index (χ3n) is 2.35. The van der Waals surface area contributed by atoms with Gasteiger partial charge in [-0.15, -0.1) is 0 Å². The fraction of sp³-hybridized carbons (Fsp3) is 0.364. The minimum absolute atomic E-state index is 0.138. The molecule has 1 fully saturated rings. The fourth-order valence-corrected chi connectivity index (χ4v) is 1.31. The third-order valence-corrected chi connectivity index (χ3v) is 2.35. The average Bonchev–Trinajstić information content (AvgIpc) is 2.13. The Labute approximate surface area is 83.1 Å². The van der Waals surface area contributed by atoms with Crippen LogP contribution in [-0.2, 0) is 4.74 Å². The lowest BCUT2D eigenvalue weighted by Crippen LogP contribution is -2.27. The molecule has 2 rings (SSSR count). The maximum atomic E-state index is 11.3. The standard InChI is InChI=1S/C11H13NO2/c13-11(14-10-7-4-8-10)12-9-5-2-1-3-6-9/h1-3,5-6,10H,4,7-8H2,(H,12,13). The summed E-state index contributed by atoms with van der Waals surface area (Å²) in [4.78, 5) is 11.3. The highest BCUT2D eigenvalue weighted by molar-refractivity contribution is 5.84. The lowest BCUT2D eigenvalue weighted by molar-refractivity contribution is 0.0624. The van der Waals surface area contributed by atoms with E-state index < -0.39 is 0 Å². The van der Waals surface area contributed by atoms with Gasteiger partial charge in [-0.1, -0.05) is 18.2 Å². The molecule has 74 valence electrons. The largest absolute Gasteiger partial charge is 0.446 e. The predicted octanol–water partition coefficient (Wildman–Crippen LogP) is 2.79. The van der Waals surface area contributed by atoms with Crippen molar-refractivity contribution in [1.82, 2.24) is 0 Å². The smallest absolute Gasteiger partial charge is 0.411 e. The van der Waals surface area contributed by atoms with Crippen LogP contribution in [0.2, 0.25) is 0 Å². The Morgan fingerprint density at radius 2 is 2.00 bits per heavy atom. The molecule has 1 saturated carbocycles. The summed E-state index contributed by atoms with van der Waals surface area (Å²) < 4.78 is 5.14. The molecule has 1 aliphatic rings. The second kappa shape index (κ2) is 4.13.